The van der Waals surface area contributed by atoms with Crippen molar-refractivity contribution in [2.45, 2.75) is 6.92 Å². The highest BCUT2D eigenvalue weighted by molar-refractivity contribution is 6.17. The largest absolute Gasteiger partial charge is 0.569 e. The predicted molar refractivity (Wildman–Crippen MR) is 55.1 cm³/mol. The molecule has 0 unspecified atom stereocenters. The lowest BCUT2D eigenvalue weighted by Crippen LogP contribution is -2.01. The molecule has 0 aliphatic heterocycles. The first kappa shape index (κ1) is 9.03. The normalized spacial score (nSPS) is 10.1. The lowest BCUT2D eigenvalue weighted by Gasteiger charge is -2.08. The van der Waals surface area contributed by atoms with Crippen molar-refractivity contribution in [1.82, 2.24) is 4.98 Å². The SMILES string of the molecule is Cc1c(O[B]O)ccc2ccncc12. The van der Waals surface area contributed by atoms with E-state index < -0.39 is 0 Å². The maximum Gasteiger partial charge on any atom is 0.569 e. The molecule has 3 nitrogen and oxygen atoms in total. The summed E-state index contributed by atoms with van der Waals surface area (Å²) >= 11 is 0. The van der Waals surface area contributed by atoms with E-state index in [-0.39, 0.29) is 0 Å². The van der Waals surface area contributed by atoms with Crippen LogP contribution in [0.3, 0.4) is 0 Å². The van der Waals surface area contributed by atoms with Crippen LogP contribution in [0.15, 0.2) is 30.6 Å². The highest BCUT2D eigenvalue weighted by atomic mass is 16.5. The zero-order valence-electron chi connectivity index (χ0n) is 7.77. The summed E-state index contributed by atoms with van der Waals surface area (Å²) in [6, 6.07) is 5.70. The maximum atomic E-state index is 8.55. The molecule has 1 aromatic carbocycles. The Kier molecular flexibility index (Phi) is 2.37. The topological polar surface area (TPSA) is 42.4 Å². The van der Waals surface area contributed by atoms with Crippen molar-refractivity contribution in [3.05, 3.63) is 36.2 Å². The number of nitrogens with zero attached hydrogens (tertiary/aromatic N) is 1. The number of hydrogen-bond acceptors (Lipinski definition) is 3. The van der Waals surface area contributed by atoms with Crippen LogP contribution in [0.25, 0.3) is 10.8 Å². The minimum absolute atomic E-state index is 0.646. The third-order valence-corrected chi connectivity index (χ3v) is 2.22. The molecular weight excluding hydrogens is 177 g/mol. The summed E-state index contributed by atoms with van der Waals surface area (Å²) in [6.45, 7) is 1.93. The third kappa shape index (κ3) is 1.44. The minimum Gasteiger partial charge on any atom is -0.537 e. The highest BCUT2D eigenvalue weighted by Gasteiger charge is 2.04. The van der Waals surface area contributed by atoms with E-state index in [1.54, 1.807) is 12.4 Å². The monoisotopic (exact) mass is 186 g/mol. The van der Waals surface area contributed by atoms with Gasteiger partial charge in [-0.2, -0.15) is 0 Å². The van der Waals surface area contributed by atoms with Crippen molar-refractivity contribution in [3.8, 4) is 5.75 Å². The Morgan fingerprint density at radius 1 is 1.36 bits per heavy atom. The fourth-order valence-corrected chi connectivity index (χ4v) is 1.47. The van der Waals surface area contributed by atoms with Crippen molar-refractivity contribution in [2.75, 3.05) is 0 Å². The standard InChI is InChI=1S/C10H9BNO2/c1-7-9-6-12-5-4-8(9)2-3-10(7)14-11-13/h2-6,13H,1H3. The van der Waals surface area contributed by atoms with Gasteiger partial charge in [-0.1, -0.05) is 6.07 Å². The number of hydrogen-bond donors (Lipinski definition) is 1. The van der Waals surface area contributed by atoms with Crippen molar-refractivity contribution in [2.24, 2.45) is 0 Å². The van der Waals surface area contributed by atoms with Crippen molar-refractivity contribution < 1.29 is 9.68 Å². The summed E-state index contributed by atoms with van der Waals surface area (Å²) < 4.78 is 4.95. The molecule has 0 saturated carbocycles. The molecule has 0 atom stereocenters. The Balaban J connectivity index is 2.63. The van der Waals surface area contributed by atoms with Gasteiger partial charge in [0.25, 0.3) is 0 Å². The van der Waals surface area contributed by atoms with Gasteiger partial charge in [-0.25, -0.2) is 0 Å². The Morgan fingerprint density at radius 3 is 3.00 bits per heavy atom. The van der Waals surface area contributed by atoms with E-state index in [0.29, 0.717) is 13.4 Å². The fourth-order valence-electron chi connectivity index (χ4n) is 1.47. The van der Waals surface area contributed by atoms with Crippen LogP contribution in [0, 0.1) is 6.92 Å². The van der Waals surface area contributed by atoms with Gasteiger partial charge >= 0.3 is 7.69 Å². The van der Waals surface area contributed by atoms with Crippen molar-refractivity contribution in [1.29, 1.82) is 0 Å². The second-order valence-electron chi connectivity index (χ2n) is 3.01. The van der Waals surface area contributed by atoms with Gasteiger partial charge in [-0.05, 0) is 30.0 Å². The van der Waals surface area contributed by atoms with E-state index in [2.05, 4.69) is 4.98 Å². The number of rotatable bonds is 2. The van der Waals surface area contributed by atoms with Crippen LogP contribution < -0.4 is 4.65 Å². The van der Waals surface area contributed by atoms with Gasteiger partial charge < -0.3 is 9.68 Å². The molecule has 4 heteroatoms. The zero-order chi connectivity index (χ0) is 9.97. The molecule has 1 heterocycles. The molecule has 0 aliphatic carbocycles. The smallest absolute Gasteiger partial charge is 0.537 e. The first-order chi connectivity index (χ1) is 6.83. The lowest BCUT2D eigenvalue weighted by molar-refractivity contribution is 0.452. The van der Waals surface area contributed by atoms with Crippen LogP contribution in [0.2, 0.25) is 0 Å². The minimum atomic E-state index is 0.646. The number of fused-ring (bicyclic) bond motifs is 1. The van der Waals surface area contributed by atoms with Gasteiger partial charge in [-0.3, -0.25) is 4.98 Å². The second-order valence-corrected chi connectivity index (χ2v) is 3.01. The fraction of sp³-hybridized carbons (Fsp3) is 0.100. The van der Waals surface area contributed by atoms with Gasteiger partial charge in [0.05, 0.1) is 0 Å². The molecule has 1 aromatic heterocycles. The van der Waals surface area contributed by atoms with Crippen LogP contribution in [0.4, 0.5) is 0 Å². The zero-order valence-corrected chi connectivity index (χ0v) is 7.77. The van der Waals surface area contributed by atoms with Crippen molar-refractivity contribution in [3.63, 3.8) is 0 Å². The van der Waals surface area contributed by atoms with E-state index >= 15 is 0 Å². The van der Waals surface area contributed by atoms with Gasteiger partial charge in [-0.15, -0.1) is 0 Å². The Morgan fingerprint density at radius 2 is 2.21 bits per heavy atom. The number of benzene rings is 1. The third-order valence-electron chi connectivity index (χ3n) is 2.22. The van der Waals surface area contributed by atoms with E-state index in [9.17, 15) is 0 Å². The quantitative estimate of drug-likeness (QED) is 0.721. The summed E-state index contributed by atoms with van der Waals surface area (Å²) in [4.78, 5) is 4.05. The molecule has 0 amide bonds. The molecule has 0 spiro atoms. The lowest BCUT2D eigenvalue weighted by atomic mass is 10.1. The number of aryl methyl sites for hydroxylation is 1. The Hall–Kier alpha value is -1.55. The number of pyridine rings is 1. The average molecular weight is 186 g/mol. The van der Waals surface area contributed by atoms with Crippen molar-refractivity contribution >= 4 is 18.5 Å². The summed E-state index contributed by atoms with van der Waals surface area (Å²) in [7, 11) is 0.685. The van der Waals surface area contributed by atoms with E-state index in [1.165, 1.54) is 0 Å². The van der Waals surface area contributed by atoms with E-state index in [4.69, 9.17) is 9.68 Å². The second kappa shape index (κ2) is 3.68. The van der Waals surface area contributed by atoms with Crippen LogP contribution in [0.5, 0.6) is 5.75 Å². The van der Waals surface area contributed by atoms with Crippen LogP contribution in [0.1, 0.15) is 5.56 Å². The van der Waals surface area contributed by atoms with Gasteiger partial charge in [0.15, 0.2) is 0 Å². The Labute approximate surface area is 82.7 Å². The molecule has 0 aliphatic rings. The molecular formula is C10H9BNO2. The molecule has 1 N–H and O–H groups in total. The van der Waals surface area contributed by atoms with Crippen LogP contribution >= 0.6 is 0 Å². The highest BCUT2D eigenvalue weighted by Crippen LogP contribution is 2.25. The molecule has 0 saturated heterocycles. The summed E-state index contributed by atoms with van der Waals surface area (Å²) in [5.41, 5.74) is 0.973. The van der Waals surface area contributed by atoms with Crippen LogP contribution in [-0.4, -0.2) is 17.7 Å². The Bertz CT molecular complexity index is 459. The average Bonchev–Trinajstić information content (AvgIpc) is 2.23. The molecule has 0 fully saturated rings. The predicted octanol–water partition coefficient (Wildman–Crippen LogP) is 1.45. The molecule has 2 aromatic rings. The summed E-state index contributed by atoms with van der Waals surface area (Å²) in [6.07, 6.45) is 3.54. The van der Waals surface area contributed by atoms with E-state index in [0.717, 1.165) is 16.3 Å². The summed E-state index contributed by atoms with van der Waals surface area (Å²) in [5, 5.41) is 10.7. The number of aromatic nitrogens is 1. The van der Waals surface area contributed by atoms with E-state index in [1.807, 2.05) is 25.1 Å². The maximum absolute atomic E-state index is 8.55. The van der Waals surface area contributed by atoms with Gasteiger partial charge in [0.2, 0.25) is 0 Å². The van der Waals surface area contributed by atoms with Crippen LogP contribution in [-0.2, 0) is 0 Å². The first-order valence-electron chi connectivity index (χ1n) is 4.29. The molecule has 1 radical (unpaired) electrons. The first-order valence-corrected chi connectivity index (χ1v) is 4.29. The van der Waals surface area contributed by atoms with Gasteiger partial charge in [0.1, 0.15) is 5.75 Å². The molecule has 14 heavy (non-hydrogen) atoms. The molecule has 0 bridgehead atoms. The van der Waals surface area contributed by atoms with Gasteiger partial charge in [0, 0.05) is 17.8 Å². The summed E-state index contributed by atoms with van der Waals surface area (Å²) in [5.74, 6) is 0.646. The molecule has 2 rings (SSSR count). The molecule has 69 valence electrons.